The van der Waals surface area contributed by atoms with E-state index in [4.69, 9.17) is 0 Å². The van der Waals surface area contributed by atoms with Crippen molar-refractivity contribution in [2.75, 3.05) is 6.54 Å². The molecule has 0 bridgehead atoms. The van der Waals surface area contributed by atoms with Crippen LogP contribution in [0.2, 0.25) is 0 Å². The van der Waals surface area contributed by atoms with Gasteiger partial charge in [0.25, 0.3) is 0 Å². The first kappa shape index (κ1) is 23.9. The summed E-state index contributed by atoms with van der Waals surface area (Å²) in [6, 6.07) is 13.0. The summed E-state index contributed by atoms with van der Waals surface area (Å²) in [6.07, 6.45) is 2.19. The van der Waals surface area contributed by atoms with Gasteiger partial charge >= 0.3 is 5.97 Å². The Balaban J connectivity index is 1.39. The molecule has 0 spiro atoms. The lowest BCUT2D eigenvalue weighted by Crippen LogP contribution is -2.57. The fourth-order valence-corrected chi connectivity index (χ4v) is 7.27. The highest BCUT2D eigenvalue weighted by Gasteiger charge is 2.68. The average molecular weight is 533 g/mol. The summed E-state index contributed by atoms with van der Waals surface area (Å²) >= 11 is 2.84. The van der Waals surface area contributed by atoms with Gasteiger partial charge in [-0.3, -0.25) is 24.6 Å². The number of imide groups is 1. The first-order valence-corrected chi connectivity index (χ1v) is 13.8. The molecule has 10 heteroatoms. The third-order valence-corrected chi connectivity index (χ3v) is 9.40. The van der Waals surface area contributed by atoms with E-state index in [2.05, 4.69) is 15.3 Å². The second kappa shape index (κ2) is 9.13. The number of rotatable bonds is 7. The van der Waals surface area contributed by atoms with Crippen molar-refractivity contribution in [2.24, 2.45) is 11.8 Å². The Morgan fingerprint density at radius 2 is 1.92 bits per heavy atom. The smallest absolute Gasteiger partial charge is 0.325 e. The highest BCUT2D eigenvalue weighted by molar-refractivity contribution is 7.10. The number of nitrogens with one attached hydrogen (secondary N) is 1. The molecule has 2 amide bonds. The monoisotopic (exact) mass is 532 g/mol. The number of aromatic nitrogens is 2. The lowest BCUT2D eigenvalue weighted by atomic mass is 9.76. The molecule has 8 nitrogen and oxygen atoms in total. The van der Waals surface area contributed by atoms with Crippen LogP contribution in [0, 0.1) is 18.8 Å². The van der Waals surface area contributed by atoms with Crippen LogP contribution in [0.4, 0.5) is 0 Å². The minimum atomic E-state index is -1.65. The number of carboxylic acids is 1. The van der Waals surface area contributed by atoms with Gasteiger partial charge in [0.05, 0.1) is 29.1 Å². The van der Waals surface area contributed by atoms with E-state index in [1.807, 2.05) is 49.4 Å². The van der Waals surface area contributed by atoms with E-state index in [1.54, 1.807) is 17.1 Å². The molecule has 6 rings (SSSR count). The van der Waals surface area contributed by atoms with E-state index >= 15 is 0 Å². The van der Waals surface area contributed by atoms with Crippen LogP contribution in [0.5, 0.6) is 0 Å². The van der Waals surface area contributed by atoms with Gasteiger partial charge in [-0.1, -0.05) is 42.5 Å². The van der Waals surface area contributed by atoms with Crippen molar-refractivity contribution < 1.29 is 19.5 Å². The molecule has 4 unspecified atom stereocenters. The first-order valence-electron chi connectivity index (χ1n) is 12.0. The summed E-state index contributed by atoms with van der Waals surface area (Å²) in [5.74, 6) is -3.80. The quantitative estimate of drug-likeness (QED) is 0.350. The fourth-order valence-electron chi connectivity index (χ4n) is 5.77. The largest absolute Gasteiger partial charge is 0.480 e. The Morgan fingerprint density at radius 1 is 1.11 bits per heavy atom. The Kier molecular flexibility index (Phi) is 5.89. The summed E-state index contributed by atoms with van der Waals surface area (Å²) in [5, 5.41) is 18.3. The lowest BCUT2D eigenvalue weighted by molar-refractivity contribution is -0.151. The Hall–Kier alpha value is -3.47. The number of carboxylic acid groups (broad SMARTS) is 1. The van der Waals surface area contributed by atoms with Crippen molar-refractivity contribution in [3.8, 4) is 0 Å². The topological polar surface area (TPSA) is 112 Å². The molecular formula is C27H24N4O4S2. The third-order valence-electron chi connectivity index (χ3n) is 7.55. The second-order valence-corrected chi connectivity index (χ2v) is 11.4. The number of amides is 2. The van der Waals surface area contributed by atoms with Crippen molar-refractivity contribution in [1.29, 1.82) is 0 Å². The maximum atomic E-state index is 13.9. The third kappa shape index (κ3) is 3.87. The molecule has 4 atom stereocenters. The summed E-state index contributed by atoms with van der Waals surface area (Å²) in [5.41, 5.74) is 1.76. The summed E-state index contributed by atoms with van der Waals surface area (Å²) in [7, 11) is 0. The van der Waals surface area contributed by atoms with E-state index in [1.165, 1.54) is 27.6 Å². The van der Waals surface area contributed by atoms with Crippen LogP contribution in [-0.4, -0.2) is 49.8 Å². The number of carbonyl (C=O) groups excluding carboxylic acids is 2. The van der Waals surface area contributed by atoms with E-state index < -0.39 is 35.3 Å². The molecule has 2 aliphatic rings. The zero-order valence-electron chi connectivity index (χ0n) is 20.0. The number of likely N-dealkylation sites (tertiary alicyclic amines) is 1. The highest BCUT2D eigenvalue weighted by Crippen LogP contribution is 2.50. The van der Waals surface area contributed by atoms with Crippen molar-refractivity contribution >= 4 is 51.2 Å². The summed E-state index contributed by atoms with van der Waals surface area (Å²) < 4.78 is 0. The van der Waals surface area contributed by atoms with Gasteiger partial charge in [0, 0.05) is 35.8 Å². The van der Waals surface area contributed by atoms with Gasteiger partial charge in [-0.2, -0.15) is 0 Å². The van der Waals surface area contributed by atoms with E-state index in [0.29, 0.717) is 11.4 Å². The minimum Gasteiger partial charge on any atom is -0.480 e. The molecule has 2 aromatic carbocycles. The minimum absolute atomic E-state index is 0.0665. The maximum absolute atomic E-state index is 13.9. The van der Waals surface area contributed by atoms with Gasteiger partial charge in [-0.15, -0.1) is 22.7 Å². The number of fused-ring (bicyclic) bond motifs is 2. The molecule has 188 valence electrons. The molecule has 4 heterocycles. The molecular weight excluding hydrogens is 508 g/mol. The van der Waals surface area contributed by atoms with Crippen LogP contribution < -0.4 is 5.32 Å². The number of aliphatic carboxylic acids is 1. The van der Waals surface area contributed by atoms with Crippen molar-refractivity contribution in [3.05, 3.63) is 80.7 Å². The van der Waals surface area contributed by atoms with Gasteiger partial charge < -0.3 is 5.11 Å². The number of nitrogens with zero attached hydrogens (tertiary/aromatic N) is 3. The zero-order chi connectivity index (χ0) is 25.7. The zero-order valence-corrected chi connectivity index (χ0v) is 21.6. The molecule has 2 aromatic heterocycles. The van der Waals surface area contributed by atoms with E-state index in [0.717, 1.165) is 26.9 Å². The standard InChI is InChI=1S/C27H24N4O4S2/c1-15-19(37-14-29-15)8-10-31-24(32)20-21(25(31)33)27(26(34)35,30-22(20)23-28-9-11-36-23)13-16-6-7-17-4-2-3-5-18(17)12-16/h2-7,9,11-12,14,20-22,30H,8,10,13H2,1H3,(H,34,35). The van der Waals surface area contributed by atoms with Gasteiger partial charge in [-0.25, -0.2) is 9.97 Å². The Morgan fingerprint density at radius 3 is 2.62 bits per heavy atom. The van der Waals surface area contributed by atoms with Crippen molar-refractivity contribution in [3.63, 3.8) is 0 Å². The SMILES string of the molecule is Cc1ncsc1CCN1C(=O)C2C(c3nccs3)NC(Cc3ccc4ccccc4c3)(C(=O)O)C2C1=O. The number of hydrogen-bond acceptors (Lipinski definition) is 8. The van der Waals surface area contributed by atoms with Crippen LogP contribution >= 0.6 is 22.7 Å². The van der Waals surface area contributed by atoms with E-state index in [-0.39, 0.29) is 18.9 Å². The highest BCUT2D eigenvalue weighted by atomic mass is 32.1. The number of carbonyl (C=O) groups is 3. The summed E-state index contributed by atoms with van der Waals surface area (Å²) in [4.78, 5) is 51.5. The van der Waals surface area contributed by atoms with Gasteiger partial charge in [0.15, 0.2) is 0 Å². The van der Waals surface area contributed by atoms with Crippen molar-refractivity contribution in [1.82, 2.24) is 20.2 Å². The Labute approximate surface area is 221 Å². The maximum Gasteiger partial charge on any atom is 0.325 e. The normalized spacial score (nSPS) is 25.2. The second-order valence-electron chi connectivity index (χ2n) is 9.57. The molecule has 0 aliphatic carbocycles. The predicted molar refractivity (Wildman–Crippen MR) is 140 cm³/mol. The first-order chi connectivity index (χ1) is 17.9. The van der Waals surface area contributed by atoms with Gasteiger partial charge in [0.2, 0.25) is 11.8 Å². The lowest BCUT2D eigenvalue weighted by Gasteiger charge is -2.31. The Bertz CT molecular complexity index is 1520. The van der Waals surface area contributed by atoms with E-state index in [9.17, 15) is 19.5 Å². The predicted octanol–water partition coefficient (Wildman–Crippen LogP) is 3.62. The number of thiazole rings is 2. The molecule has 4 aromatic rings. The summed E-state index contributed by atoms with van der Waals surface area (Å²) in [6.45, 7) is 2.10. The van der Waals surface area contributed by atoms with Crippen LogP contribution in [0.25, 0.3) is 10.8 Å². The van der Waals surface area contributed by atoms with Crippen LogP contribution in [0.3, 0.4) is 0 Å². The van der Waals surface area contributed by atoms with Crippen LogP contribution in [-0.2, 0) is 27.2 Å². The number of benzene rings is 2. The van der Waals surface area contributed by atoms with Gasteiger partial charge in [-0.05, 0) is 23.3 Å². The number of aryl methyl sites for hydroxylation is 1. The molecule has 37 heavy (non-hydrogen) atoms. The molecule has 2 fully saturated rings. The van der Waals surface area contributed by atoms with Crippen molar-refractivity contribution in [2.45, 2.75) is 31.3 Å². The van der Waals surface area contributed by atoms with Gasteiger partial charge in [0.1, 0.15) is 10.5 Å². The average Bonchev–Trinajstić information content (AvgIpc) is 3.66. The number of hydrogen-bond donors (Lipinski definition) is 2. The fraction of sp³-hybridized carbons (Fsp3) is 0.296. The molecule has 2 saturated heterocycles. The molecule has 2 aliphatic heterocycles. The van der Waals surface area contributed by atoms with Crippen LogP contribution in [0.1, 0.15) is 27.2 Å². The molecule has 0 radical (unpaired) electrons. The van der Waals surface area contributed by atoms with Crippen LogP contribution in [0.15, 0.2) is 59.6 Å². The molecule has 2 N–H and O–H groups in total. The molecule has 0 saturated carbocycles.